The van der Waals surface area contributed by atoms with Gasteiger partial charge in [-0.1, -0.05) is 30.3 Å². The number of phenols is 1. The number of aryl methyl sites for hydroxylation is 1. The maximum absolute atomic E-state index is 12.2. The van der Waals surface area contributed by atoms with Crippen LogP contribution in [0.5, 0.6) is 5.75 Å². The van der Waals surface area contributed by atoms with Crippen molar-refractivity contribution in [2.75, 3.05) is 6.54 Å². The Morgan fingerprint density at radius 3 is 2.68 bits per heavy atom. The van der Waals surface area contributed by atoms with Crippen molar-refractivity contribution in [1.29, 1.82) is 5.26 Å². The van der Waals surface area contributed by atoms with Gasteiger partial charge in [-0.15, -0.1) is 0 Å². The summed E-state index contributed by atoms with van der Waals surface area (Å²) < 4.78 is 1.16. The Labute approximate surface area is 168 Å². The largest absolute Gasteiger partial charge is 0.506 e. The third-order valence-electron chi connectivity index (χ3n) is 3.49. The monoisotopic (exact) mass is 510 g/mol. The average Bonchev–Trinajstić information content (AvgIpc) is 2.61. The van der Waals surface area contributed by atoms with Gasteiger partial charge in [0.1, 0.15) is 17.4 Å². The second-order valence-electron chi connectivity index (χ2n) is 5.35. The van der Waals surface area contributed by atoms with E-state index in [9.17, 15) is 15.2 Å². The first-order valence-electron chi connectivity index (χ1n) is 7.63. The van der Waals surface area contributed by atoms with Crippen LogP contribution in [0, 0.1) is 14.9 Å². The fourth-order valence-electron chi connectivity index (χ4n) is 2.22. The maximum Gasteiger partial charge on any atom is 0.261 e. The molecule has 2 rings (SSSR count). The molecular weight excluding hydrogens is 495 g/mol. The van der Waals surface area contributed by atoms with Gasteiger partial charge in [-0.25, -0.2) is 0 Å². The molecule has 0 aromatic heterocycles. The van der Waals surface area contributed by atoms with Crippen molar-refractivity contribution < 1.29 is 9.90 Å². The summed E-state index contributed by atoms with van der Waals surface area (Å²) in [5.41, 5.74) is 1.93. The number of phenolic OH excluding ortho intramolecular Hbond substituents is 1. The summed E-state index contributed by atoms with van der Waals surface area (Å²) in [5.74, 6) is -0.253. The third-order valence-corrected chi connectivity index (χ3v) is 4.91. The minimum Gasteiger partial charge on any atom is -0.506 e. The highest BCUT2D eigenvalue weighted by atomic mass is 127. The number of hydrogen-bond acceptors (Lipinski definition) is 3. The van der Waals surface area contributed by atoms with Crippen molar-refractivity contribution in [3.05, 3.63) is 67.2 Å². The topological polar surface area (TPSA) is 73.1 Å². The summed E-state index contributed by atoms with van der Waals surface area (Å²) in [6.07, 6.45) is 3.19. The summed E-state index contributed by atoms with van der Waals surface area (Å²) in [5, 5.41) is 21.8. The fraction of sp³-hybridized carbons (Fsp3) is 0.158. The lowest BCUT2D eigenvalue weighted by molar-refractivity contribution is -0.117. The van der Waals surface area contributed by atoms with E-state index in [2.05, 4.69) is 21.2 Å². The predicted molar refractivity (Wildman–Crippen MR) is 110 cm³/mol. The van der Waals surface area contributed by atoms with E-state index in [-0.39, 0.29) is 11.3 Å². The van der Waals surface area contributed by atoms with Gasteiger partial charge in [0, 0.05) is 6.54 Å². The van der Waals surface area contributed by atoms with E-state index in [1.54, 1.807) is 12.1 Å². The van der Waals surface area contributed by atoms with Crippen LogP contribution in [-0.4, -0.2) is 17.6 Å². The Morgan fingerprint density at radius 2 is 2.04 bits per heavy atom. The molecule has 2 aromatic carbocycles. The highest BCUT2D eigenvalue weighted by Gasteiger charge is 2.10. The van der Waals surface area contributed by atoms with Crippen molar-refractivity contribution in [1.82, 2.24) is 5.32 Å². The van der Waals surface area contributed by atoms with Crippen LogP contribution in [0.15, 0.2) is 52.5 Å². The molecule has 1 amide bonds. The van der Waals surface area contributed by atoms with Crippen LogP contribution in [-0.2, 0) is 11.2 Å². The summed E-state index contributed by atoms with van der Waals surface area (Å²) in [6, 6.07) is 15.3. The molecule has 25 heavy (non-hydrogen) atoms. The molecule has 0 radical (unpaired) electrons. The zero-order valence-electron chi connectivity index (χ0n) is 13.3. The minimum absolute atomic E-state index is 0.0353. The van der Waals surface area contributed by atoms with E-state index in [1.807, 2.05) is 59.0 Å². The van der Waals surface area contributed by atoms with Gasteiger partial charge in [-0.3, -0.25) is 4.79 Å². The molecule has 2 N–H and O–H groups in total. The SMILES string of the molecule is N#C/C(=C/c1cc(Br)c(O)c(I)c1)C(=O)NCCCc1ccccc1. The van der Waals surface area contributed by atoms with Gasteiger partial charge in [-0.05, 0) is 80.7 Å². The van der Waals surface area contributed by atoms with Crippen LogP contribution in [0.4, 0.5) is 0 Å². The fourth-order valence-corrected chi connectivity index (χ4v) is 3.72. The summed E-state index contributed by atoms with van der Waals surface area (Å²) in [6.45, 7) is 0.504. The quantitative estimate of drug-likeness (QED) is 0.261. The van der Waals surface area contributed by atoms with Crippen molar-refractivity contribution >= 4 is 50.5 Å². The smallest absolute Gasteiger partial charge is 0.261 e. The van der Waals surface area contributed by atoms with E-state index >= 15 is 0 Å². The summed E-state index contributed by atoms with van der Waals surface area (Å²) >= 11 is 5.24. The highest BCUT2D eigenvalue weighted by Crippen LogP contribution is 2.31. The van der Waals surface area contributed by atoms with E-state index in [1.165, 1.54) is 11.6 Å². The standard InChI is InChI=1S/C19H16BrIN2O2/c20-16-10-14(11-17(21)18(16)24)9-15(12-22)19(25)23-8-4-7-13-5-2-1-3-6-13/h1-3,5-6,9-11,24H,4,7-8H2,(H,23,25)/b15-9-. The van der Waals surface area contributed by atoms with Gasteiger partial charge in [0.05, 0.1) is 8.04 Å². The minimum atomic E-state index is -0.394. The third kappa shape index (κ3) is 5.87. The first-order valence-corrected chi connectivity index (χ1v) is 9.50. The number of nitrogens with zero attached hydrogens (tertiary/aromatic N) is 1. The zero-order valence-corrected chi connectivity index (χ0v) is 17.0. The number of carbonyl (C=O) groups is 1. The number of nitriles is 1. The molecule has 2 aromatic rings. The lowest BCUT2D eigenvalue weighted by atomic mass is 10.1. The van der Waals surface area contributed by atoms with Crippen LogP contribution in [0.25, 0.3) is 6.08 Å². The number of benzene rings is 2. The molecule has 0 spiro atoms. The van der Waals surface area contributed by atoms with Crippen molar-refractivity contribution in [3.8, 4) is 11.8 Å². The van der Waals surface area contributed by atoms with Gasteiger partial charge in [0.25, 0.3) is 5.91 Å². The zero-order chi connectivity index (χ0) is 18.2. The van der Waals surface area contributed by atoms with Gasteiger partial charge in [-0.2, -0.15) is 5.26 Å². The van der Waals surface area contributed by atoms with Crippen LogP contribution in [0.2, 0.25) is 0 Å². The lowest BCUT2D eigenvalue weighted by Gasteiger charge is -2.06. The second kappa shape index (κ2) is 9.59. The molecule has 0 fully saturated rings. The number of hydrogen-bond donors (Lipinski definition) is 2. The number of halogens is 2. The molecule has 0 bridgehead atoms. The van der Waals surface area contributed by atoms with E-state index in [4.69, 9.17) is 0 Å². The molecule has 6 heteroatoms. The second-order valence-corrected chi connectivity index (χ2v) is 7.36. The van der Waals surface area contributed by atoms with Crippen molar-refractivity contribution in [2.45, 2.75) is 12.8 Å². The number of amides is 1. The summed E-state index contributed by atoms with van der Waals surface area (Å²) in [4.78, 5) is 12.2. The first-order chi connectivity index (χ1) is 12.0. The van der Waals surface area contributed by atoms with E-state index in [0.717, 1.165) is 12.8 Å². The molecule has 0 saturated carbocycles. The Hall–Kier alpha value is -1.85. The number of nitrogens with one attached hydrogen (secondary N) is 1. The molecule has 0 aliphatic heterocycles. The predicted octanol–water partition coefficient (Wildman–Crippen LogP) is 4.42. The van der Waals surface area contributed by atoms with Gasteiger partial charge >= 0.3 is 0 Å². The van der Waals surface area contributed by atoms with E-state index < -0.39 is 5.91 Å². The first kappa shape index (κ1) is 19.5. The van der Waals surface area contributed by atoms with Crippen molar-refractivity contribution in [3.63, 3.8) is 0 Å². The number of rotatable bonds is 6. The number of carbonyl (C=O) groups excluding carboxylic acids is 1. The highest BCUT2D eigenvalue weighted by molar-refractivity contribution is 14.1. The molecule has 0 aliphatic carbocycles. The Morgan fingerprint density at radius 1 is 1.32 bits per heavy atom. The van der Waals surface area contributed by atoms with Crippen LogP contribution in [0.3, 0.4) is 0 Å². The lowest BCUT2D eigenvalue weighted by Crippen LogP contribution is -2.25. The Balaban J connectivity index is 1.95. The van der Waals surface area contributed by atoms with Crippen LogP contribution in [0.1, 0.15) is 17.5 Å². The number of aromatic hydroxyl groups is 1. The molecular formula is C19H16BrIN2O2. The average molecular weight is 511 g/mol. The summed E-state index contributed by atoms with van der Waals surface area (Å²) in [7, 11) is 0. The molecule has 0 aliphatic rings. The molecule has 0 heterocycles. The van der Waals surface area contributed by atoms with E-state index in [0.29, 0.717) is 20.2 Å². The molecule has 128 valence electrons. The molecule has 0 atom stereocenters. The Kier molecular flexibility index (Phi) is 7.47. The van der Waals surface area contributed by atoms with Crippen LogP contribution < -0.4 is 5.32 Å². The molecule has 0 unspecified atom stereocenters. The van der Waals surface area contributed by atoms with Gasteiger partial charge in [0.2, 0.25) is 0 Å². The van der Waals surface area contributed by atoms with Gasteiger partial charge < -0.3 is 10.4 Å². The molecule has 4 nitrogen and oxygen atoms in total. The van der Waals surface area contributed by atoms with Crippen LogP contribution >= 0.6 is 38.5 Å². The Bertz CT molecular complexity index is 806. The van der Waals surface area contributed by atoms with Gasteiger partial charge in [0.15, 0.2) is 0 Å². The molecule has 0 saturated heterocycles. The van der Waals surface area contributed by atoms with Crippen molar-refractivity contribution in [2.24, 2.45) is 0 Å². The maximum atomic E-state index is 12.2. The normalized spacial score (nSPS) is 11.0.